The Hall–Kier alpha value is -3.50. The van der Waals surface area contributed by atoms with Crippen molar-refractivity contribution in [2.75, 3.05) is 0 Å². The lowest BCUT2D eigenvalue weighted by Gasteiger charge is -2.28. The van der Waals surface area contributed by atoms with E-state index in [1.54, 1.807) is 0 Å². The van der Waals surface area contributed by atoms with Gasteiger partial charge >= 0.3 is 0 Å². The second-order valence-corrected chi connectivity index (χ2v) is 6.73. The van der Waals surface area contributed by atoms with Crippen molar-refractivity contribution >= 4 is 11.8 Å². The van der Waals surface area contributed by atoms with Gasteiger partial charge in [-0.2, -0.15) is 0 Å². The fourth-order valence-electron chi connectivity index (χ4n) is 3.13. The van der Waals surface area contributed by atoms with Crippen LogP contribution in [0.5, 0.6) is 0 Å². The Morgan fingerprint density at radius 2 is 1.00 bits per heavy atom. The van der Waals surface area contributed by atoms with Gasteiger partial charge in [-0.25, -0.2) is 0 Å². The first-order valence-corrected chi connectivity index (χ1v) is 9.44. The zero-order valence-corrected chi connectivity index (χ0v) is 15.6. The number of hydrogen-bond acceptors (Lipinski definition) is 2. The molecule has 4 heteroatoms. The van der Waals surface area contributed by atoms with Crippen LogP contribution in [0.1, 0.15) is 36.8 Å². The second kappa shape index (κ2) is 10.00. The zero-order chi connectivity index (χ0) is 19.6. The molecule has 0 heterocycles. The van der Waals surface area contributed by atoms with Crippen LogP contribution in [0.25, 0.3) is 0 Å². The van der Waals surface area contributed by atoms with Crippen molar-refractivity contribution in [1.29, 1.82) is 0 Å². The smallest absolute Gasteiger partial charge is 0.296 e. The summed E-state index contributed by atoms with van der Waals surface area (Å²) in [6.45, 7) is 0. The van der Waals surface area contributed by atoms with E-state index >= 15 is 0 Å². The van der Waals surface area contributed by atoms with Crippen LogP contribution >= 0.6 is 0 Å². The van der Waals surface area contributed by atoms with E-state index in [2.05, 4.69) is 34.3 Å². The minimum atomic E-state index is -0.259. The average Bonchev–Trinajstić information content (AvgIpc) is 2.74. The van der Waals surface area contributed by atoms with Crippen molar-refractivity contribution < 1.29 is 9.59 Å². The van der Waals surface area contributed by atoms with Gasteiger partial charge in [0.15, 0.2) is 0 Å². The van der Waals surface area contributed by atoms with Gasteiger partial charge in [-0.1, -0.05) is 48.2 Å². The molecule has 0 unspecified atom stereocenters. The molecule has 1 aliphatic rings. The minimum absolute atomic E-state index is 0.0983. The molecule has 1 aliphatic carbocycles. The Morgan fingerprint density at radius 1 is 0.643 bits per heavy atom. The predicted octanol–water partition coefficient (Wildman–Crippen LogP) is 2.63. The third-order valence-electron chi connectivity index (χ3n) is 4.59. The fourth-order valence-corrected chi connectivity index (χ4v) is 3.13. The molecular weight excluding hydrogens is 348 g/mol. The van der Waals surface area contributed by atoms with E-state index in [1.807, 2.05) is 60.7 Å². The summed E-state index contributed by atoms with van der Waals surface area (Å²) in [4.78, 5) is 24.0. The first kappa shape index (κ1) is 19.3. The topological polar surface area (TPSA) is 58.2 Å². The Bertz CT molecular complexity index is 843. The molecule has 3 rings (SSSR count). The third kappa shape index (κ3) is 6.34. The van der Waals surface area contributed by atoms with Crippen LogP contribution in [-0.2, 0) is 9.59 Å². The van der Waals surface area contributed by atoms with Crippen molar-refractivity contribution in [3.05, 3.63) is 71.8 Å². The minimum Gasteiger partial charge on any atom is -0.343 e. The first-order valence-electron chi connectivity index (χ1n) is 9.44. The van der Waals surface area contributed by atoms with Gasteiger partial charge in [0.05, 0.1) is 0 Å². The third-order valence-corrected chi connectivity index (χ3v) is 4.59. The molecule has 2 aromatic carbocycles. The number of carbonyl (C=O) groups excluding carboxylic acids is 2. The molecule has 2 N–H and O–H groups in total. The highest BCUT2D eigenvalue weighted by atomic mass is 16.2. The highest BCUT2D eigenvalue weighted by Crippen LogP contribution is 2.18. The maximum Gasteiger partial charge on any atom is 0.296 e. The van der Waals surface area contributed by atoms with Gasteiger partial charge in [-0.3, -0.25) is 9.59 Å². The van der Waals surface area contributed by atoms with Gasteiger partial charge in [0.1, 0.15) is 0 Å². The lowest BCUT2D eigenvalue weighted by atomic mass is 9.91. The Balaban J connectivity index is 1.41. The molecule has 4 nitrogen and oxygen atoms in total. The quantitative estimate of drug-likeness (QED) is 0.799. The summed E-state index contributed by atoms with van der Waals surface area (Å²) in [6, 6.07) is 19.1. The number of carbonyl (C=O) groups is 2. The standard InChI is InChI=1S/C24H22N2O2/c27-23(17-11-19-7-3-1-4-8-19)25-21-13-15-22(16-14-21)26-24(28)18-12-20-9-5-2-6-10-20/h1-10,21-22H,13-16H2,(H,25,27)(H,26,28). The summed E-state index contributed by atoms with van der Waals surface area (Å²) >= 11 is 0. The molecule has 0 spiro atoms. The molecule has 0 saturated heterocycles. The maximum atomic E-state index is 12.0. The highest BCUT2D eigenvalue weighted by Gasteiger charge is 2.22. The molecule has 28 heavy (non-hydrogen) atoms. The summed E-state index contributed by atoms with van der Waals surface area (Å²) in [5.41, 5.74) is 1.64. The number of nitrogens with one attached hydrogen (secondary N) is 2. The van der Waals surface area contributed by atoms with Gasteiger partial charge < -0.3 is 10.6 Å². The molecule has 2 amide bonds. The van der Waals surface area contributed by atoms with Crippen LogP contribution in [0.3, 0.4) is 0 Å². The molecule has 1 saturated carbocycles. The van der Waals surface area contributed by atoms with E-state index in [1.165, 1.54) is 0 Å². The Morgan fingerprint density at radius 3 is 1.36 bits per heavy atom. The second-order valence-electron chi connectivity index (χ2n) is 6.73. The van der Waals surface area contributed by atoms with Crippen molar-refractivity contribution in [2.24, 2.45) is 0 Å². The zero-order valence-electron chi connectivity index (χ0n) is 15.6. The van der Waals surface area contributed by atoms with E-state index in [0.717, 1.165) is 36.8 Å². The summed E-state index contributed by atoms with van der Waals surface area (Å²) in [5, 5.41) is 5.91. The van der Waals surface area contributed by atoms with E-state index in [4.69, 9.17) is 0 Å². The molecule has 0 bridgehead atoms. The lowest BCUT2D eigenvalue weighted by Crippen LogP contribution is -2.43. The fraction of sp³-hybridized carbons (Fsp3) is 0.250. The van der Waals surface area contributed by atoms with Gasteiger partial charge in [0.25, 0.3) is 11.8 Å². The molecule has 0 aliphatic heterocycles. The van der Waals surface area contributed by atoms with Crippen molar-refractivity contribution in [1.82, 2.24) is 10.6 Å². The molecule has 1 fully saturated rings. The van der Waals surface area contributed by atoms with E-state index < -0.39 is 0 Å². The predicted molar refractivity (Wildman–Crippen MR) is 109 cm³/mol. The summed E-state index contributed by atoms with van der Waals surface area (Å²) in [7, 11) is 0. The largest absolute Gasteiger partial charge is 0.343 e. The number of amides is 2. The van der Waals surface area contributed by atoms with Gasteiger partial charge in [-0.05, 0) is 49.9 Å². The van der Waals surface area contributed by atoms with Crippen molar-refractivity contribution in [3.8, 4) is 23.7 Å². The monoisotopic (exact) mass is 370 g/mol. The summed E-state index contributed by atoms with van der Waals surface area (Å²) in [5.74, 6) is 10.5. The molecular formula is C24H22N2O2. The molecule has 140 valence electrons. The maximum absolute atomic E-state index is 12.0. The van der Waals surface area contributed by atoms with Gasteiger partial charge in [-0.15, -0.1) is 0 Å². The number of hydrogen-bond donors (Lipinski definition) is 2. The van der Waals surface area contributed by atoms with Crippen LogP contribution in [-0.4, -0.2) is 23.9 Å². The van der Waals surface area contributed by atoms with Crippen molar-refractivity contribution in [3.63, 3.8) is 0 Å². The van der Waals surface area contributed by atoms with E-state index in [9.17, 15) is 9.59 Å². The Kier molecular flexibility index (Phi) is 6.88. The molecule has 0 radical (unpaired) electrons. The SMILES string of the molecule is O=C(C#Cc1ccccc1)NC1CCC(NC(=O)C#Cc2ccccc2)CC1. The van der Waals surface area contributed by atoms with Gasteiger partial charge in [0.2, 0.25) is 0 Å². The number of benzene rings is 2. The van der Waals surface area contributed by atoms with Gasteiger partial charge in [0, 0.05) is 35.1 Å². The molecule has 2 aromatic rings. The van der Waals surface area contributed by atoms with E-state index in [-0.39, 0.29) is 23.9 Å². The normalized spacial score (nSPS) is 17.9. The lowest BCUT2D eigenvalue weighted by molar-refractivity contribution is -0.118. The van der Waals surface area contributed by atoms with Crippen molar-refractivity contribution in [2.45, 2.75) is 37.8 Å². The molecule has 0 atom stereocenters. The average molecular weight is 370 g/mol. The van der Waals surface area contributed by atoms with Crippen LogP contribution in [0, 0.1) is 23.7 Å². The Labute approximate surface area is 165 Å². The first-order chi connectivity index (χ1) is 13.7. The highest BCUT2D eigenvalue weighted by molar-refractivity contribution is 5.94. The number of rotatable bonds is 2. The van der Waals surface area contributed by atoms with Crippen LogP contribution in [0.2, 0.25) is 0 Å². The van der Waals surface area contributed by atoms with Crippen LogP contribution in [0.15, 0.2) is 60.7 Å². The summed E-state index contributed by atoms with van der Waals surface area (Å²) in [6.07, 6.45) is 3.26. The van der Waals surface area contributed by atoms with Crippen LogP contribution in [0.4, 0.5) is 0 Å². The summed E-state index contributed by atoms with van der Waals surface area (Å²) < 4.78 is 0. The van der Waals surface area contributed by atoms with E-state index in [0.29, 0.717) is 0 Å². The van der Waals surface area contributed by atoms with Crippen LogP contribution < -0.4 is 10.6 Å². The molecule has 0 aromatic heterocycles.